The van der Waals surface area contributed by atoms with Crippen LogP contribution in [-0.2, 0) is 32.7 Å². The van der Waals surface area contributed by atoms with Crippen molar-refractivity contribution in [1.82, 2.24) is 0 Å². The highest BCUT2D eigenvalue weighted by Gasteiger charge is 2.22. The summed E-state index contributed by atoms with van der Waals surface area (Å²) >= 11 is 0. The number of rotatable bonds is 72. The van der Waals surface area contributed by atoms with Crippen LogP contribution < -0.4 is 4.89 Å². The number of esters is 2. The van der Waals surface area contributed by atoms with Crippen molar-refractivity contribution < 1.29 is 42.1 Å². The molecule has 0 aliphatic heterocycles. The molecule has 9 nitrogen and oxygen atoms in total. The van der Waals surface area contributed by atoms with Crippen LogP contribution in [0.5, 0.6) is 0 Å². The molecule has 0 saturated heterocycles. The van der Waals surface area contributed by atoms with Gasteiger partial charge in [0.25, 0.3) is 7.82 Å². The third-order valence-corrected chi connectivity index (χ3v) is 18.0. The van der Waals surface area contributed by atoms with Gasteiger partial charge in [-0.1, -0.05) is 367 Å². The van der Waals surface area contributed by atoms with E-state index >= 15 is 0 Å². The predicted octanol–water partition coefficient (Wildman–Crippen LogP) is 25.5. The number of ether oxygens (including phenoxy) is 2. The highest BCUT2D eigenvalue weighted by Crippen LogP contribution is 2.38. The molecule has 0 bridgehead atoms. The number of allylic oxidation sites excluding steroid dienone is 20. The summed E-state index contributed by atoms with van der Waals surface area (Å²) < 4.78 is 34.3. The lowest BCUT2D eigenvalue weighted by Crippen LogP contribution is -2.37. The average molecular weight is 1330 g/mol. The van der Waals surface area contributed by atoms with Crippen LogP contribution >= 0.6 is 7.82 Å². The van der Waals surface area contributed by atoms with Crippen molar-refractivity contribution in [3.8, 4) is 0 Å². The minimum absolute atomic E-state index is 0.0407. The summed E-state index contributed by atoms with van der Waals surface area (Å²) in [6.45, 7) is 4.13. The van der Waals surface area contributed by atoms with Gasteiger partial charge in [-0.3, -0.25) is 14.2 Å². The molecule has 0 N–H and O–H groups in total. The second-order valence-electron chi connectivity index (χ2n) is 27.4. The van der Waals surface area contributed by atoms with E-state index < -0.39 is 26.5 Å². The first-order valence-electron chi connectivity index (χ1n) is 39.2. The van der Waals surface area contributed by atoms with Crippen molar-refractivity contribution in [1.29, 1.82) is 0 Å². The highest BCUT2D eigenvalue weighted by molar-refractivity contribution is 7.45. The van der Waals surface area contributed by atoms with Crippen LogP contribution in [0.1, 0.15) is 348 Å². The number of hydrogen-bond donors (Lipinski definition) is 0. The van der Waals surface area contributed by atoms with Gasteiger partial charge in [-0.15, -0.1) is 0 Å². The summed E-state index contributed by atoms with van der Waals surface area (Å²) in [6, 6.07) is 0. The van der Waals surface area contributed by atoms with Crippen LogP contribution in [-0.4, -0.2) is 70.0 Å². The molecule has 0 aromatic heterocycles. The summed E-state index contributed by atoms with van der Waals surface area (Å²) in [5.41, 5.74) is 0. The average Bonchev–Trinajstić information content (AvgIpc) is 1.68. The molecular weight excluding hydrogens is 1180 g/mol. The summed E-state index contributed by atoms with van der Waals surface area (Å²) in [4.78, 5) is 38.1. The van der Waals surface area contributed by atoms with E-state index in [9.17, 15) is 19.0 Å². The van der Waals surface area contributed by atoms with E-state index in [4.69, 9.17) is 18.5 Å². The van der Waals surface area contributed by atoms with Crippen molar-refractivity contribution in [2.75, 3.05) is 47.5 Å². The molecule has 0 saturated carbocycles. The van der Waals surface area contributed by atoms with Crippen LogP contribution in [0.2, 0.25) is 0 Å². The SMILES string of the molecule is CC/C=C\C/C=C\C/C=C\C/C=C\C/C=C\C/C=C\C/C=C\C/C=C\C/C=C\C/C=C\CCCCCCC(=O)OC(COC(=O)CCCCCCCCCCCCCCCCCCCCCCCCCCCCCCCCCCCCC)COP(=O)([O-])OCC[N+](C)(C)C. The molecule has 0 aliphatic carbocycles. The fourth-order valence-corrected chi connectivity index (χ4v) is 11.8. The molecule has 542 valence electrons. The van der Waals surface area contributed by atoms with Gasteiger partial charge in [-0.05, 0) is 89.9 Å². The van der Waals surface area contributed by atoms with Crippen molar-refractivity contribution in [3.05, 3.63) is 122 Å². The van der Waals surface area contributed by atoms with Gasteiger partial charge in [-0.2, -0.15) is 0 Å². The Hall–Kier alpha value is -3.59. The lowest BCUT2D eigenvalue weighted by molar-refractivity contribution is -0.870. The third-order valence-electron chi connectivity index (χ3n) is 17.0. The Morgan fingerprint density at radius 2 is 0.606 bits per heavy atom. The number of nitrogens with zero attached hydrogens (tertiary/aromatic N) is 1. The molecule has 0 radical (unpaired) electrons. The van der Waals surface area contributed by atoms with Gasteiger partial charge in [0.2, 0.25) is 0 Å². The third kappa shape index (κ3) is 77.4. The van der Waals surface area contributed by atoms with Crippen molar-refractivity contribution >= 4 is 19.8 Å². The molecule has 2 atom stereocenters. The van der Waals surface area contributed by atoms with Crippen LogP contribution in [0.4, 0.5) is 0 Å². The van der Waals surface area contributed by atoms with Gasteiger partial charge in [-0.25, -0.2) is 0 Å². The zero-order valence-corrected chi connectivity index (χ0v) is 62.8. The van der Waals surface area contributed by atoms with Crippen molar-refractivity contribution in [2.24, 2.45) is 0 Å². The number of quaternary nitrogens is 1. The molecule has 2 unspecified atom stereocenters. The molecule has 0 spiro atoms. The number of phosphoric ester groups is 1. The van der Waals surface area contributed by atoms with Gasteiger partial charge >= 0.3 is 11.9 Å². The second kappa shape index (κ2) is 73.7. The molecule has 0 fully saturated rings. The Morgan fingerprint density at radius 3 is 0.904 bits per heavy atom. The zero-order valence-electron chi connectivity index (χ0n) is 61.9. The largest absolute Gasteiger partial charge is 0.756 e. The van der Waals surface area contributed by atoms with E-state index in [1.165, 1.54) is 205 Å². The quantitative estimate of drug-likeness (QED) is 0.0195. The van der Waals surface area contributed by atoms with Gasteiger partial charge in [0.05, 0.1) is 27.7 Å². The van der Waals surface area contributed by atoms with E-state index in [1.807, 2.05) is 21.1 Å². The fourth-order valence-electron chi connectivity index (χ4n) is 11.0. The fraction of sp³-hybridized carbons (Fsp3) is 0.738. The molecule has 10 heteroatoms. The standard InChI is InChI=1S/C84H148NO8P/c1-6-8-10-12-14-16-18-20-22-24-26-28-30-32-34-36-38-40-42-44-46-48-50-52-54-56-58-60-62-64-66-68-70-72-74-76-83(86)90-80-82(81-92-94(88,89)91-79-78-85(3,4)5)93-84(87)77-75-73-71-69-67-65-63-61-59-57-55-53-51-49-47-45-43-41-39-37-35-33-31-29-27-25-23-21-19-17-15-13-11-9-7-2/h9,11,15,17,21,23,27,29,33,35,39,41,45,47,51,53,57,59,63,65,82H,6-8,10,12-14,16,18-20,22,24-26,28,30-32,34,36-38,40,42-44,46,48-50,52,54-56,58,60-62,64,66-81H2,1-5H3/b11-9-,17-15-,23-21-,29-27-,35-33-,41-39-,47-45-,53-51-,59-57-,65-63-. The first-order valence-corrected chi connectivity index (χ1v) is 40.7. The smallest absolute Gasteiger partial charge is 0.306 e. The lowest BCUT2D eigenvalue weighted by Gasteiger charge is -2.28. The number of likely N-dealkylation sites (N-methyl/N-ethyl adjacent to an activating group) is 1. The molecule has 0 rings (SSSR count). The predicted molar refractivity (Wildman–Crippen MR) is 406 cm³/mol. The van der Waals surface area contributed by atoms with Crippen molar-refractivity contribution in [3.63, 3.8) is 0 Å². The summed E-state index contributed by atoms with van der Waals surface area (Å²) in [6.07, 6.45) is 106. The Bertz CT molecular complexity index is 2010. The molecule has 0 amide bonds. The molecule has 0 aromatic rings. The topological polar surface area (TPSA) is 111 Å². The van der Waals surface area contributed by atoms with Gasteiger partial charge in [0.15, 0.2) is 6.10 Å². The molecule has 94 heavy (non-hydrogen) atoms. The molecule has 0 heterocycles. The Labute approximate surface area is 581 Å². The number of carbonyl (C=O) groups is 2. The minimum Gasteiger partial charge on any atom is -0.756 e. The Kier molecular flexibility index (Phi) is 70.8. The lowest BCUT2D eigenvalue weighted by atomic mass is 10.0. The van der Waals surface area contributed by atoms with Crippen LogP contribution in [0.25, 0.3) is 0 Å². The number of phosphoric acid groups is 1. The maximum Gasteiger partial charge on any atom is 0.306 e. The zero-order chi connectivity index (χ0) is 68.3. The highest BCUT2D eigenvalue weighted by atomic mass is 31.2. The minimum atomic E-state index is -4.66. The Balaban J connectivity index is 4.05. The van der Waals surface area contributed by atoms with Crippen molar-refractivity contribution in [2.45, 2.75) is 354 Å². The van der Waals surface area contributed by atoms with Crippen LogP contribution in [0, 0.1) is 0 Å². The molecular formula is C84H148NO8P. The van der Waals surface area contributed by atoms with E-state index in [0.29, 0.717) is 17.4 Å². The second-order valence-corrected chi connectivity index (χ2v) is 28.8. The molecule has 0 aliphatic rings. The van der Waals surface area contributed by atoms with E-state index in [1.54, 1.807) is 0 Å². The Morgan fingerprint density at radius 1 is 0.340 bits per heavy atom. The van der Waals surface area contributed by atoms with E-state index in [-0.39, 0.29) is 32.0 Å². The maximum absolute atomic E-state index is 12.9. The summed E-state index contributed by atoms with van der Waals surface area (Å²) in [7, 11) is 1.14. The van der Waals surface area contributed by atoms with Gasteiger partial charge in [0.1, 0.15) is 19.8 Å². The summed E-state index contributed by atoms with van der Waals surface area (Å²) in [5.74, 6) is -0.857. The number of hydrogen-bond acceptors (Lipinski definition) is 8. The van der Waals surface area contributed by atoms with Gasteiger partial charge < -0.3 is 27.9 Å². The van der Waals surface area contributed by atoms with Crippen LogP contribution in [0.3, 0.4) is 0 Å². The van der Waals surface area contributed by atoms with E-state index in [0.717, 1.165) is 109 Å². The summed E-state index contributed by atoms with van der Waals surface area (Å²) in [5, 5.41) is 0. The number of carbonyl (C=O) groups excluding carboxylic acids is 2. The maximum atomic E-state index is 12.9. The number of unbranched alkanes of at least 4 members (excludes halogenated alkanes) is 38. The first-order chi connectivity index (χ1) is 46.0. The van der Waals surface area contributed by atoms with Gasteiger partial charge in [0, 0.05) is 12.8 Å². The normalized spacial score (nSPS) is 13.7. The van der Waals surface area contributed by atoms with E-state index in [2.05, 4.69) is 135 Å². The van der Waals surface area contributed by atoms with Crippen LogP contribution in [0.15, 0.2) is 122 Å². The first kappa shape index (κ1) is 90.4. The molecule has 0 aromatic carbocycles. The monoisotopic (exact) mass is 1330 g/mol.